The topological polar surface area (TPSA) is 71.2 Å². The fraction of sp³-hybridized carbons (Fsp3) is 0.214. The third-order valence-corrected chi connectivity index (χ3v) is 2.76. The van der Waals surface area contributed by atoms with Crippen molar-refractivity contribution in [3.8, 4) is 0 Å². The molecule has 20 heavy (non-hydrogen) atoms. The molecule has 0 unspecified atom stereocenters. The molecule has 0 fully saturated rings. The Morgan fingerprint density at radius 1 is 1.45 bits per heavy atom. The molecule has 2 aromatic rings. The summed E-state index contributed by atoms with van der Waals surface area (Å²) in [6.45, 7) is 0.713. The molecule has 2 aromatic heterocycles. The number of aryl methyl sites for hydroxylation is 1. The summed E-state index contributed by atoms with van der Waals surface area (Å²) in [7, 11) is 3.83. The molecule has 2 heterocycles. The van der Waals surface area contributed by atoms with Crippen molar-refractivity contribution in [2.75, 3.05) is 11.9 Å². The highest BCUT2D eigenvalue weighted by molar-refractivity contribution is 5.85. The number of carboxylic acid groups (broad SMARTS) is 1. The molecule has 0 radical (unpaired) electrons. The Labute approximate surface area is 117 Å². The first-order valence-corrected chi connectivity index (χ1v) is 6.10. The number of anilines is 1. The van der Waals surface area contributed by atoms with Gasteiger partial charge in [0, 0.05) is 44.7 Å². The Morgan fingerprint density at radius 3 is 2.80 bits per heavy atom. The normalized spacial score (nSPS) is 10.9. The zero-order valence-corrected chi connectivity index (χ0v) is 11.4. The van der Waals surface area contributed by atoms with Crippen LogP contribution in [-0.2, 0) is 18.4 Å². The summed E-state index contributed by atoms with van der Waals surface area (Å²) < 4.78 is 1.76. The van der Waals surface area contributed by atoms with E-state index >= 15 is 0 Å². The molecule has 104 valence electrons. The second kappa shape index (κ2) is 6.01. The number of hydrogen-bond donors (Lipinski definition) is 1. The fourth-order valence-electron chi connectivity index (χ4n) is 1.80. The van der Waals surface area contributed by atoms with Crippen LogP contribution in [0.4, 0.5) is 5.82 Å². The van der Waals surface area contributed by atoms with E-state index in [0.717, 1.165) is 23.0 Å². The Hall–Kier alpha value is -2.63. The van der Waals surface area contributed by atoms with Gasteiger partial charge in [-0.25, -0.2) is 9.78 Å². The maximum Gasteiger partial charge on any atom is 0.328 e. The third kappa shape index (κ3) is 3.68. The van der Waals surface area contributed by atoms with E-state index in [1.165, 1.54) is 6.08 Å². The van der Waals surface area contributed by atoms with Crippen molar-refractivity contribution in [2.45, 2.75) is 6.54 Å². The molecule has 0 aliphatic rings. The van der Waals surface area contributed by atoms with E-state index in [0.29, 0.717) is 6.54 Å². The number of hydrogen-bond acceptors (Lipinski definition) is 4. The number of carboxylic acids is 1. The Morgan fingerprint density at radius 2 is 2.25 bits per heavy atom. The maximum absolute atomic E-state index is 10.4. The average molecular weight is 272 g/mol. The number of carbonyl (C=O) groups is 1. The summed E-state index contributed by atoms with van der Waals surface area (Å²) in [4.78, 5) is 16.7. The zero-order valence-electron chi connectivity index (χ0n) is 11.4. The van der Waals surface area contributed by atoms with Crippen LogP contribution in [0.1, 0.15) is 11.1 Å². The first kappa shape index (κ1) is 13.8. The second-order valence-electron chi connectivity index (χ2n) is 4.50. The van der Waals surface area contributed by atoms with Gasteiger partial charge >= 0.3 is 5.97 Å². The molecule has 0 saturated heterocycles. The van der Waals surface area contributed by atoms with Crippen molar-refractivity contribution in [3.63, 3.8) is 0 Å². The van der Waals surface area contributed by atoms with Crippen LogP contribution in [0, 0.1) is 0 Å². The van der Waals surface area contributed by atoms with Gasteiger partial charge in [0.15, 0.2) is 0 Å². The molecule has 2 rings (SSSR count). The smallest absolute Gasteiger partial charge is 0.328 e. The minimum Gasteiger partial charge on any atom is -0.478 e. The molecular weight excluding hydrogens is 256 g/mol. The van der Waals surface area contributed by atoms with Crippen LogP contribution in [0.25, 0.3) is 6.08 Å². The lowest BCUT2D eigenvalue weighted by molar-refractivity contribution is -0.131. The second-order valence-corrected chi connectivity index (χ2v) is 4.50. The van der Waals surface area contributed by atoms with E-state index in [1.54, 1.807) is 10.9 Å². The van der Waals surface area contributed by atoms with Crippen molar-refractivity contribution in [1.82, 2.24) is 14.8 Å². The summed E-state index contributed by atoms with van der Waals surface area (Å²) in [5.74, 6) is -0.149. The lowest BCUT2D eigenvalue weighted by Crippen LogP contribution is -2.17. The first-order chi connectivity index (χ1) is 9.54. The van der Waals surface area contributed by atoms with E-state index in [-0.39, 0.29) is 0 Å². The van der Waals surface area contributed by atoms with E-state index in [2.05, 4.69) is 10.1 Å². The molecule has 6 nitrogen and oxygen atoms in total. The Bertz CT molecular complexity index is 616. The standard InChI is InChI=1S/C14H16N4O2/c1-17(9-12-8-16-18(2)10-12)13-5-3-11(7-15-13)4-6-14(19)20/h3-8,10H,9H2,1-2H3,(H,19,20)/b6-4+. The van der Waals surface area contributed by atoms with Crippen molar-refractivity contribution >= 4 is 17.9 Å². The zero-order chi connectivity index (χ0) is 14.5. The molecule has 0 spiro atoms. The number of pyridine rings is 1. The van der Waals surface area contributed by atoms with Crippen LogP contribution < -0.4 is 4.90 Å². The van der Waals surface area contributed by atoms with Gasteiger partial charge in [0.25, 0.3) is 0 Å². The van der Waals surface area contributed by atoms with Gasteiger partial charge in [0.05, 0.1) is 6.20 Å². The maximum atomic E-state index is 10.4. The van der Waals surface area contributed by atoms with Crippen molar-refractivity contribution < 1.29 is 9.90 Å². The van der Waals surface area contributed by atoms with Crippen LogP contribution in [0.15, 0.2) is 36.8 Å². The van der Waals surface area contributed by atoms with Gasteiger partial charge in [-0.05, 0) is 23.8 Å². The minimum atomic E-state index is -0.970. The third-order valence-electron chi connectivity index (χ3n) is 2.76. The van der Waals surface area contributed by atoms with Gasteiger partial charge in [-0.1, -0.05) is 0 Å². The van der Waals surface area contributed by atoms with Gasteiger partial charge in [-0.15, -0.1) is 0 Å². The van der Waals surface area contributed by atoms with Crippen LogP contribution in [0.2, 0.25) is 0 Å². The largest absolute Gasteiger partial charge is 0.478 e. The molecule has 0 bridgehead atoms. The van der Waals surface area contributed by atoms with E-state index in [9.17, 15) is 4.79 Å². The molecule has 0 aromatic carbocycles. The van der Waals surface area contributed by atoms with Gasteiger partial charge in [-0.2, -0.15) is 5.10 Å². The highest BCUT2D eigenvalue weighted by Crippen LogP contribution is 2.13. The fourth-order valence-corrected chi connectivity index (χ4v) is 1.80. The predicted octanol–water partition coefficient (Wildman–Crippen LogP) is 1.55. The molecular formula is C14H16N4O2. The summed E-state index contributed by atoms with van der Waals surface area (Å²) in [6, 6.07) is 3.69. The van der Waals surface area contributed by atoms with Gasteiger partial charge in [-0.3, -0.25) is 4.68 Å². The molecule has 0 aliphatic heterocycles. The molecule has 6 heteroatoms. The molecule has 0 aliphatic carbocycles. The van der Waals surface area contributed by atoms with Crippen LogP contribution in [0.5, 0.6) is 0 Å². The van der Waals surface area contributed by atoms with E-state index in [4.69, 9.17) is 5.11 Å². The number of nitrogens with zero attached hydrogens (tertiary/aromatic N) is 4. The van der Waals surface area contributed by atoms with Crippen molar-refractivity contribution in [3.05, 3.63) is 47.9 Å². The molecule has 0 amide bonds. The molecule has 1 N–H and O–H groups in total. The predicted molar refractivity (Wildman–Crippen MR) is 76.2 cm³/mol. The number of aliphatic carboxylic acids is 1. The Kier molecular flexibility index (Phi) is 4.14. The summed E-state index contributed by atoms with van der Waals surface area (Å²) in [5, 5.41) is 12.7. The Balaban J connectivity index is 2.03. The minimum absolute atomic E-state index is 0.713. The summed E-state index contributed by atoms with van der Waals surface area (Å²) >= 11 is 0. The van der Waals surface area contributed by atoms with Crippen molar-refractivity contribution in [2.24, 2.45) is 7.05 Å². The van der Waals surface area contributed by atoms with Crippen LogP contribution in [-0.4, -0.2) is 32.9 Å². The highest BCUT2D eigenvalue weighted by Gasteiger charge is 2.04. The molecule has 0 saturated carbocycles. The van der Waals surface area contributed by atoms with Gasteiger partial charge in [0.1, 0.15) is 5.82 Å². The SMILES string of the molecule is CN(Cc1cnn(C)c1)c1ccc(/C=C/C(=O)O)cn1. The highest BCUT2D eigenvalue weighted by atomic mass is 16.4. The monoisotopic (exact) mass is 272 g/mol. The summed E-state index contributed by atoms with van der Waals surface area (Å²) in [5.41, 5.74) is 1.86. The van der Waals surface area contributed by atoms with Gasteiger partial charge < -0.3 is 10.0 Å². The first-order valence-electron chi connectivity index (χ1n) is 6.10. The average Bonchev–Trinajstić information content (AvgIpc) is 2.82. The van der Waals surface area contributed by atoms with Crippen molar-refractivity contribution in [1.29, 1.82) is 0 Å². The van der Waals surface area contributed by atoms with Gasteiger partial charge in [0.2, 0.25) is 0 Å². The van der Waals surface area contributed by atoms with E-state index in [1.807, 2.05) is 43.5 Å². The molecule has 0 atom stereocenters. The lowest BCUT2D eigenvalue weighted by Gasteiger charge is -2.17. The van der Waals surface area contributed by atoms with E-state index < -0.39 is 5.97 Å². The quantitative estimate of drug-likeness (QED) is 0.836. The number of rotatable bonds is 5. The lowest BCUT2D eigenvalue weighted by atomic mass is 10.2. The van der Waals surface area contributed by atoms with Crippen LogP contribution in [0.3, 0.4) is 0 Å². The summed E-state index contributed by atoms with van der Waals surface area (Å²) in [6.07, 6.45) is 8.03. The number of aromatic nitrogens is 3. The van der Waals surface area contributed by atoms with Crippen LogP contribution >= 0.6 is 0 Å².